The first-order valence-electron chi connectivity index (χ1n) is 7.90. The molecule has 0 aliphatic rings. The Bertz CT molecular complexity index is 841. The molecular formula is C20H19Cl2NO. The van der Waals surface area contributed by atoms with Crippen LogP contribution < -0.4 is 10.1 Å². The van der Waals surface area contributed by atoms with Gasteiger partial charge in [0, 0.05) is 27.8 Å². The second-order valence-electron chi connectivity index (χ2n) is 5.94. The average Bonchev–Trinajstić information content (AvgIpc) is 2.52. The van der Waals surface area contributed by atoms with Gasteiger partial charge in [0.1, 0.15) is 5.75 Å². The monoisotopic (exact) mass is 359 g/mol. The van der Waals surface area contributed by atoms with Crippen molar-refractivity contribution in [3.05, 3.63) is 70.2 Å². The van der Waals surface area contributed by atoms with Crippen molar-refractivity contribution in [1.82, 2.24) is 0 Å². The fraction of sp³-hybridized carbons (Fsp3) is 0.200. The lowest BCUT2D eigenvalue weighted by Crippen LogP contribution is -2.10. The number of hydrogen-bond donors (Lipinski definition) is 1. The maximum atomic E-state index is 6.08. The number of anilines is 1. The van der Waals surface area contributed by atoms with Gasteiger partial charge in [0.25, 0.3) is 0 Å². The Morgan fingerprint density at radius 3 is 2.38 bits per heavy atom. The summed E-state index contributed by atoms with van der Waals surface area (Å²) in [6.45, 7) is 4.69. The van der Waals surface area contributed by atoms with E-state index in [0.29, 0.717) is 16.6 Å². The summed E-state index contributed by atoms with van der Waals surface area (Å²) in [6.07, 6.45) is 0.116. The average molecular weight is 360 g/mol. The van der Waals surface area contributed by atoms with Crippen LogP contribution in [0, 0.1) is 0 Å². The fourth-order valence-corrected chi connectivity index (χ4v) is 3.24. The second-order valence-corrected chi connectivity index (χ2v) is 6.81. The van der Waals surface area contributed by atoms with Gasteiger partial charge in [-0.2, -0.15) is 0 Å². The minimum absolute atomic E-state index is 0.116. The van der Waals surface area contributed by atoms with Crippen LogP contribution in [0.15, 0.2) is 54.6 Å². The zero-order chi connectivity index (χ0) is 17.1. The standard InChI is InChI=1S/C20H19Cl2NO/c1-13(2)24-20-8-7-14-5-3-4-6-18(14)19(20)12-23-17-10-15(21)9-16(22)11-17/h3-11,13,23H,12H2,1-2H3. The van der Waals surface area contributed by atoms with Crippen molar-refractivity contribution >= 4 is 39.7 Å². The van der Waals surface area contributed by atoms with Gasteiger partial charge in [-0.05, 0) is 48.9 Å². The Morgan fingerprint density at radius 2 is 1.67 bits per heavy atom. The summed E-state index contributed by atoms with van der Waals surface area (Å²) in [6, 6.07) is 17.9. The highest BCUT2D eigenvalue weighted by molar-refractivity contribution is 6.35. The molecule has 0 aliphatic carbocycles. The molecule has 0 amide bonds. The number of nitrogens with one attached hydrogen (secondary N) is 1. The lowest BCUT2D eigenvalue weighted by Gasteiger charge is -2.17. The van der Waals surface area contributed by atoms with Crippen LogP contribution in [-0.2, 0) is 6.54 Å². The lowest BCUT2D eigenvalue weighted by molar-refractivity contribution is 0.240. The first kappa shape index (κ1) is 16.9. The summed E-state index contributed by atoms with van der Waals surface area (Å²) in [5, 5.41) is 6.99. The van der Waals surface area contributed by atoms with Gasteiger partial charge in [0.05, 0.1) is 6.10 Å². The van der Waals surface area contributed by atoms with E-state index in [1.165, 1.54) is 10.8 Å². The SMILES string of the molecule is CC(C)Oc1ccc2ccccc2c1CNc1cc(Cl)cc(Cl)c1. The van der Waals surface area contributed by atoms with Crippen LogP contribution in [-0.4, -0.2) is 6.10 Å². The van der Waals surface area contributed by atoms with Crippen LogP contribution in [0.3, 0.4) is 0 Å². The Balaban J connectivity index is 1.96. The number of halogens is 2. The van der Waals surface area contributed by atoms with E-state index in [2.05, 4.69) is 23.5 Å². The van der Waals surface area contributed by atoms with Gasteiger partial charge < -0.3 is 10.1 Å². The fourth-order valence-electron chi connectivity index (χ4n) is 2.71. The molecule has 0 radical (unpaired) electrons. The highest BCUT2D eigenvalue weighted by atomic mass is 35.5. The molecule has 0 bridgehead atoms. The largest absolute Gasteiger partial charge is 0.491 e. The van der Waals surface area contributed by atoms with E-state index < -0.39 is 0 Å². The van der Waals surface area contributed by atoms with Crippen molar-refractivity contribution in [3.8, 4) is 5.75 Å². The molecule has 4 heteroatoms. The lowest BCUT2D eigenvalue weighted by atomic mass is 10.0. The first-order valence-corrected chi connectivity index (χ1v) is 8.66. The molecule has 0 heterocycles. The predicted octanol–water partition coefficient (Wildman–Crippen LogP) is 6.55. The number of rotatable bonds is 5. The second kappa shape index (κ2) is 7.33. The third kappa shape index (κ3) is 3.95. The Kier molecular flexibility index (Phi) is 5.17. The molecule has 0 saturated heterocycles. The molecule has 1 N–H and O–H groups in total. The zero-order valence-electron chi connectivity index (χ0n) is 13.6. The molecule has 3 rings (SSSR count). The summed E-state index contributed by atoms with van der Waals surface area (Å²) in [4.78, 5) is 0. The summed E-state index contributed by atoms with van der Waals surface area (Å²) in [5.41, 5.74) is 2.01. The van der Waals surface area contributed by atoms with Crippen molar-refractivity contribution in [2.45, 2.75) is 26.5 Å². The van der Waals surface area contributed by atoms with E-state index in [-0.39, 0.29) is 6.10 Å². The van der Waals surface area contributed by atoms with E-state index in [4.69, 9.17) is 27.9 Å². The van der Waals surface area contributed by atoms with Crippen LogP contribution >= 0.6 is 23.2 Å². The quantitative estimate of drug-likeness (QED) is 0.557. The molecule has 2 nitrogen and oxygen atoms in total. The van der Waals surface area contributed by atoms with Gasteiger partial charge in [0.15, 0.2) is 0 Å². The molecule has 0 fully saturated rings. The molecule has 0 aliphatic heterocycles. The van der Waals surface area contributed by atoms with Crippen molar-refractivity contribution < 1.29 is 4.74 Å². The molecule has 3 aromatic carbocycles. The molecule has 0 aromatic heterocycles. The molecular weight excluding hydrogens is 341 g/mol. The van der Waals surface area contributed by atoms with Gasteiger partial charge in [-0.3, -0.25) is 0 Å². The minimum Gasteiger partial charge on any atom is -0.491 e. The van der Waals surface area contributed by atoms with Gasteiger partial charge in [-0.15, -0.1) is 0 Å². The Hall–Kier alpha value is -1.90. The third-order valence-electron chi connectivity index (χ3n) is 3.69. The smallest absolute Gasteiger partial charge is 0.125 e. The van der Waals surface area contributed by atoms with Crippen molar-refractivity contribution in [2.75, 3.05) is 5.32 Å². The molecule has 0 atom stereocenters. The predicted molar refractivity (Wildman–Crippen MR) is 104 cm³/mol. The number of fused-ring (bicyclic) bond motifs is 1. The summed E-state index contributed by atoms with van der Waals surface area (Å²) in [7, 11) is 0. The highest BCUT2D eigenvalue weighted by Gasteiger charge is 2.10. The highest BCUT2D eigenvalue weighted by Crippen LogP contribution is 2.30. The normalized spacial score (nSPS) is 11.0. The zero-order valence-corrected chi connectivity index (χ0v) is 15.2. The van der Waals surface area contributed by atoms with E-state index in [0.717, 1.165) is 17.0 Å². The van der Waals surface area contributed by atoms with Crippen LogP contribution in [0.2, 0.25) is 10.0 Å². The van der Waals surface area contributed by atoms with Crippen LogP contribution in [0.4, 0.5) is 5.69 Å². The van der Waals surface area contributed by atoms with Crippen LogP contribution in [0.5, 0.6) is 5.75 Å². The molecule has 24 heavy (non-hydrogen) atoms. The Morgan fingerprint density at radius 1 is 0.958 bits per heavy atom. The number of hydrogen-bond acceptors (Lipinski definition) is 2. The maximum Gasteiger partial charge on any atom is 0.125 e. The number of benzene rings is 3. The van der Waals surface area contributed by atoms with Gasteiger partial charge >= 0.3 is 0 Å². The molecule has 0 saturated carbocycles. The van der Waals surface area contributed by atoms with E-state index in [1.54, 1.807) is 6.07 Å². The van der Waals surface area contributed by atoms with Crippen molar-refractivity contribution in [3.63, 3.8) is 0 Å². The van der Waals surface area contributed by atoms with Gasteiger partial charge in [0.2, 0.25) is 0 Å². The minimum atomic E-state index is 0.116. The molecule has 0 spiro atoms. The first-order chi connectivity index (χ1) is 11.5. The summed E-state index contributed by atoms with van der Waals surface area (Å²) < 4.78 is 6.00. The van der Waals surface area contributed by atoms with Crippen molar-refractivity contribution in [1.29, 1.82) is 0 Å². The Labute approximate surface area is 152 Å². The van der Waals surface area contributed by atoms with E-state index in [9.17, 15) is 0 Å². The third-order valence-corrected chi connectivity index (χ3v) is 4.13. The van der Waals surface area contributed by atoms with Crippen molar-refractivity contribution in [2.24, 2.45) is 0 Å². The van der Waals surface area contributed by atoms with Crippen LogP contribution in [0.25, 0.3) is 10.8 Å². The summed E-state index contributed by atoms with van der Waals surface area (Å²) in [5.74, 6) is 0.893. The van der Waals surface area contributed by atoms with E-state index in [1.807, 2.05) is 44.2 Å². The van der Waals surface area contributed by atoms with Crippen LogP contribution in [0.1, 0.15) is 19.4 Å². The number of ether oxygens (including phenoxy) is 1. The molecule has 0 unspecified atom stereocenters. The van der Waals surface area contributed by atoms with E-state index >= 15 is 0 Å². The summed E-state index contributed by atoms with van der Waals surface area (Å²) >= 11 is 12.2. The maximum absolute atomic E-state index is 6.08. The molecule has 124 valence electrons. The van der Waals surface area contributed by atoms with Gasteiger partial charge in [-0.1, -0.05) is 53.5 Å². The molecule has 3 aromatic rings. The topological polar surface area (TPSA) is 21.3 Å². The van der Waals surface area contributed by atoms with Gasteiger partial charge in [-0.25, -0.2) is 0 Å².